The summed E-state index contributed by atoms with van der Waals surface area (Å²) in [6.45, 7) is 2.21. The van der Waals surface area contributed by atoms with Crippen molar-refractivity contribution in [3.63, 3.8) is 0 Å². The SMILES string of the molecule is CCC[CH2][Sn]([Br])([Br])[Br].c1ccc(-c2ccccn2)nc1. The fourth-order valence-corrected chi connectivity index (χ4v) is 9.20. The van der Waals surface area contributed by atoms with Gasteiger partial charge < -0.3 is 0 Å². The molecule has 0 fully saturated rings. The average molecular weight is 572 g/mol. The van der Waals surface area contributed by atoms with Gasteiger partial charge in [0, 0.05) is 12.4 Å². The van der Waals surface area contributed by atoms with Gasteiger partial charge in [-0.25, -0.2) is 0 Å². The molecule has 0 unspecified atom stereocenters. The predicted octanol–water partition coefficient (Wildman–Crippen LogP) is 6.05. The summed E-state index contributed by atoms with van der Waals surface area (Å²) in [4.78, 5) is 8.37. The van der Waals surface area contributed by atoms with Crippen LogP contribution in [0.15, 0.2) is 48.8 Å². The summed E-state index contributed by atoms with van der Waals surface area (Å²) in [5.74, 6) is 0. The van der Waals surface area contributed by atoms with Crippen molar-refractivity contribution in [2.24, 2.45) is 0 Å². The first kappa shape index (κ1) is 18.6. The Morgan fingerprint density at radius 2 is 1.40 bits per heavy atom. The van der Waals surface area contributed by atoms with Gasteiger partial charge in [0.05, 0.1) is 11.4 Å². The van der Waals surface area contributed by atoms with Crippen molar-refractivity contribution in [1.29, 1.82) is 0 Å². The minimum atomic E-state index is -1.87. The molecule has 0 saturated heterocycles. The summed E-state index contributed by atoms with van der Waals surface area (Å²) in [6, 6.07) is 11.6. The molecule has 2 heterocycles. The molecule has 0 saturated carbocycles. The molecule has 0 spiro atoms. The first-order valence-electron chi connectivity index (χ1n) is 6.42. The number of unbranched alkanes of at least 4 members (excludes halogenated alkanes) is 1. The molecule has 2 aromatic heterocycles. The molecule has 0 radical (unpaired) electrons. The van der Waals surface area contributed by atoms with Crippen molar-refractivity contribution in [2.75, 3.05) is 0 Å². The molecule has 2 rings (SSSR count). The quantitative estimate of drug-likeness (QED) is 0.418. The first-order valence-corrected chi connectivity index (χ1v) is 27.6. The summed E-state index contributed by atoms with van der Waals surface area (Å²) in [6.07, 6.45) is 6.16. The Morgan fingerprint density at radius 3 is 1.65 bits per heavy atom. The second-order valence-electron chi connectivity index (χ2n) is 4.15. The number of halogens is 3. The number of rotatable bonds is 4. The topological polar surface area (TPSA) is 25.8 Å². The van der Waals surface area contributed by atoms with Crippen LogP contribution in [0.25, 0.3) is 11.4 Å². The van der Waals surface area contributed by atoms with E-state index < -0.39 is 11.7 Å². The fourth-order valence-electron chi connectivity index (χ4n) is 1.41. The van der Waals surface area contributed by atoms with Gasteiger partial charge in [0.1, 0.15) is 0 Å². The van der Waals surface area contributed by atoms with Crippen LogP contribution in [0.5, 0.6) is 0 Å². The third-order valence-corrected chi connectivity index (χ3v) is 13.0. The van der Waals surface area contributed by atoms with Gasteiger partial charge in [0.25, 0.3) is 0 Å². The minimum absolute atomic E-state index is 0.915. The van der Waals surface area contributed by atoms with Gasteiger partial charge >= 0.3 is 74.0 Å². The van der Waals surface area contributed by atoms with Crippen LogP contribution in [0.2, 0.25) is 4.44 Å². The molecule has 0 aliphatic rings. The molecular formula is C14H17Br3N2Sn. The van der Waals surface area contributed by atoms with E-state index in [1.165, 1.54) is 17.3 Å². The standard InChI is InChI=1S/C10H8N2.C4H9.3BrH.Sn/c1-3-7-11-9(5-1)10-6-2-4-8-12-10;1-3-4-2;;;;/h1-8H;1,3-4H2,2H3;3*1H;/q;;;;;+3/p-3. The Kier molecular flexibility index (Phi) is 9.57. The zero-order valence-electron chi connectivity index (χ0n) is 11.3. The normalized spacial score (nSPS) is 10.6. The van der Waals surface area contributed by atoms with Crippen molar-refractivity contribution in [3.8, 4) is 11.4 Å². The van der Waals surface area contributed by atoms with Crippen molar-refractivity contribution in [2.45, 2.75) is 24.2 Å². The molecule has 20 heavy (non-hydrogen) atoms. The Bertz CT molecular complexity index is 437. The van der Waals surface area contributed by atoms with Crippen LogP contribution < -0.4 is 0 Å². The molecule has 2 aromatic rings. The van der Waals surface area contributed by atoms with E-state index in [9.17, 15) is 0 Å². The summed E-state index contributed by atoms with van der Waals surface area (Å²) in [5.41, 5.74) is 1.83. The predicted molar refractivity (Wildman–Crippen MR) is 99.7 cm³/mol. The van der Waals surface area contributed by atoms with Gasteiger partial charge in [-0.2, -0.15) is 0 Å². The van der Waals surface area contributed by atoms with Crippen LogP contribution in [-0.4, -0.2) is 21.7 Å². The van der Waals surface area contributed by atoms with Crippen LogP contribution in [-0.2, 0) is 0 Å². The second-order valence-corrected chi connectivity index (χ2v) is 57.7. The number of hydrogen-bond donors (Lipinski definition) is 0. The van der Waals surface area contributed by atoms with E-state index in [-0.39, 0.29) is 0 Å². The van der Waals surface area contributed by atoms with Gasteiger partial charge in [-0.15, -0.1) is 0 Å². The van der Waals surface area contributed by atoms with Gasteiger partial charge in [0.2, 0.25) is 0 Å². The van der Waals surface area contributed by atoms with Crippen molar-refractivity contribution in [1.82, 2.24) is 9.97 Å². The summed E-state index contributed by atoms with van der Waals surface area (Å²) in [5, 5.41) is 0. The Labute approximate surface area is 142 Å². The van der Waals surface area contributed by atoms with E-state index in [0.717, 1.165) is 11.4 Å². The average Bonchev–Trinajstić information content (AvgIpc) is 2.47. The first-order chi connectivity index (χ1) is 9.53. The number of pyridine rings is 2. The zero-order chi connectivity index (χ0) is 14.8. The number of hydrogen-bond acceptors (Lipinski definition) is 2. The zero-order valence-corrected chi connectivity index (χ0v) is 18.9. The largest absolute Gasteiger partial charge is 0.255 e. The van der Waals surface area contributed by atoms with E-state index in [4.69, 9.17) is 0 Å². The molecule has 0 aliphatic carbocycles. The molecule has 0 atom stereocenters. The van der Waals surface area contributed by atoms with Gasteiger partial charge in [0.15, 0.2) is 0 Å². The van der Waals surface area contributed by atoms with E-state index in [1.54, 1.807) is 12.4 Å². The van der Waals surface area contributed by atoms with Gasteiger partial charge in [-0.05, 0) is 24.3 Å². The maximum Gasteiger partial charge on any atom is 0.0886 e. The molecule has 2 nitrogen and oxygen atoms in total. The Hall–Kier alpha value is 0.539. The second kappa shape index (κ2) is 10.3. The van der Waals surface area contributed by atoms with Crippen LogP contribution in [0.4, 0.5) is 0 Å². The van der Waals surface area contributed by atoms with E-state index in [1.807, 2.05) is 36.4 Å². The maximum atomic E-state index is 4.19. The van der Waals surface area contributed by atoms with Gasteiger partial charge in [-0.3, -0.25) is 9.97 Å². The Balaban J connectivity index is 0.000000221. The molecule has 0 bridgehead atoms. The monoisotopic (exact) mass is 570 g/mol. The molecule has 108 valence electrons. The van der Waals surface area contributed by atoms with E-state index >= 15 is 0 Å². The van der Waals surface area contributed by atoms with Gasteiger partial charge in [-0.1, -0.05) is 12.1 Å². The minimum Gasteiger partial charge on any atom is -0.255 e. The van der Waals surface area contributed by atoms with Crippen LogP contribution in [0, 0.1) is 0 Å². The van der Waals surface area contributed by atoms with Crippen molar-refractivity contribution < 1.29 is 0 Å². The van der Waals surface area contributed by atoms with Crippen molar-refractivity contribution in [3.05, 3.63) is 48.8 Å². The number of aromatic nitrogens is 2. The molecule has 0 N–H and O–H groups in total. The van der Waals surface area contributed by atoms with Crippen LogP contribution in [0.1, 0.15) is 19.8 Å². The maximum absolute atomic E-state index is 4.19. The summed E-state index contributed by atoms with van der Waals surface area (Å²) < 4.78 is 1.32. The fraction of sp³-hybridized carbons (Fsp3) is 0.286. The summed E-state index contributed by atoms with van der Waals surface area (Å²) in [7, 11) is 0. The third-order valence-electron chi connectivity index (χ3n) is 2.41. The molecule has 0 aliphatic heterocycles. The van der Waals surface area contributed by atoms with Crippen LogP contribution >= 0.6 is 38.1 Å². The molecular weight excluding hydrogens is 555 g/mol. The Morgan fingerprint density at radius 1 is 0.900 bits per heavy atom. The van der Waals surface area contributed by atoms with E-state index in [0.29, 0.717) is 0 Å². The summed E-state index contributed by atoms with van der Waals surface area (Å²) >= 11 is 9.00. The smallest absolute Gasteiger partial charge is 0.0886 e. The number of nitrogens with zero attached hydrogens (tertiary/aromatic N) is 2. The van der Waals surface area contributed by atoms with E-state index in [2.05, 4.69) is 55.0 Å². The third kappa shape index (κ3) is 8.74. The molecule has 0 amide bonds. The van der Waals surface area contributed by atoms with Crippen molar-refractivity contribution >= 4 is 49.8 Å². The van der Waals surface area contributed by atoms with Crippen LogP contribution in [0.3, 0.4) is 0 Å². The molecule has 6 heteroatoms. The molecule has 0 aromatic carbocycles.